The van der Waals surface area contributed by atoms with Gasteiger partial charge in [-0.25, -0.2) is 9.07 Å². The number of aromatic nitrogens is 2. The van der Waals surface area contributed by atoms with Crippen molar-refractivity contribution in [1.82, 2.24) is 9.78 Å². The van der Waals surface area contributed by atoms with Gasteiger partial charge >= 0.3 is 0 Å². The monoisotopic (exact) mass is 291 g/mol. The molecular weight excluding hydrogens is 273 g/mol. The summed E-state index contributed by atoms with van der Waals surface area (Å²) < 4.78 is 20.3. The Morgan fingerprint density at radius 1 is 1.43 bits per heavy atom. The van der Waals surface area contributed by atoms with Crippen LogP contribution in [0.2, 0.25) is 0 Å². The maximum Gasteiger partial charge on any atom is 0.263 e. The van der Waals surface area contributed by atoms with Gasteiger partial charge in [0.25, 0.3) is 5.91 Å². The quantitative estimate of drug-likeness (QED) is 0.890. The van der Waals surface area contributed by atoms with E-state index in [9.17, 15) is 9.18 Å². The highest BCUT2D eigenvalue weighted by Gasteiger charge is 2.12. The number of carbonyl (C=O) groups is 1. The minimum atomic E-state index is -0.491. The maximum absolute atomic E-state index is 13.4. The Morgan fingerprint density at radius 2 is 2.19 bits per heavy atom. The van der Waals surface area contributed by atoms with Gasteiger partial charge in [-0.05, 0) is 25.5 Å². The highest BCUT2D eigenvalue weighted by atomic mass is 19.1. The second-order valence-corrected chi connectivity index (χ2v) is 4.69. The van der Waals surface area contributed by atoms with Crippen LogP contribution >= 0.6 is 0 Å². The molecule has 1 unspecified atom stereocenters. The third-order valence-corrected chi connectivity index (χ3v) is 3.14. The predicted octanol–water partition coefficient (Wildman–Crippen LogP) is 3.01. The van der Waals surface area contributed by atoms with Crippen LogP contribution in [0, 0.1) is 5.82 Å². The van der Waals surface area contributed by atoms with Crippen LogP contribution < -0.4 is 10.1 Å². The summed E-state index contributed by atoms with van der Waals surface area (Å²) in [4.78, 5) is 11.9. The number of benzene rings is 1. The summed E-state index contributed by atoms with van der Waals surface area (Å²) in [5, 5.41) is 6.88. The lowest BCUT2D eigenvalue weighted by Crippen LogP contribution is -2.23. The Labute approximate surface area is 122 Å². The van der Waals surface area contributed by atoms with Gasteiger partial charge in [-0.1, -0.05) is 19.1 Å². The summed E-state index contributed by atoms with van der Waals surface area (Å²) in [6.07, 6.45) is 2.52. The van der Waals surface area contributed by atoms with Gasteiger partial charge in [-0.15, -0.1) is 0 Å². The topological polar surface area (TPSA) is 56.2 Å². The van der Waals surface area contributed by atoms with Crippen molar-refractivity contribution in [1.29, 1.82) is 0 Å². The van der Waals surface area contributed by atoms with E-state index < -0.39 is 5.82 Å². The van der Waals surface area contributed by atoms with E-state index >= 15 is 0 Å². The molecule has 0 radical (unpaired) electrons. The van der Waals surface area contributed by atoms with Crippen molar-refractivity contribution in [3.05, 3.63) is 42.3 Å². The third-order valence-electron chi connectivity index (χ3n) is 3.14. The summed E-state index contributed by atoms with van der Waals surface area (Å²) in [6.45, 7) is 3.80. The maximum atomic E-state index is 13.4. The number of nitrogens with zero attached hydrogens (tertiary/aromatic N) is 2. The second kappa shape index (κ2) is 6.88. The molecular formula is C15H18FN3O2. The zero-order valence-electron chi connectivity index (χ0n) is 12.0. The van der Waals surface area contributed by atoms with E-state index in [0.29, 0.717) is 5.82 Å². The van der Waals surface area contributed by atoms with Gasteiger partial charge < -0.3 is 10.1 Å². The van der Waals surface area contributed by atoms with Crippen LogP contribution in [0.5, 0.6) is 5.75 Å². The molecule has 1 heterocycles. The van der Waals surface area contributed by atoms with Crippen molar-refractivity contribution in [2.24, 2.45) is 0 Å². The van der Waals surface area contributed by atoms with Crippen LogP contribution in [0.4, 0.5) is 10.2 Å². The van der Waals surface area contributed by atoms with Crippen molar-refractivity contribution in [2.45, 2.75) is 26.3 Å². The van der Waals surface area contributed by atoms with Crippen molar-refractivity contribution in [3.63, 3.8) is 0 Å². The van der Waals surface area contributed by atoms with Crippen LogP contribution in [-0.2, 0) is 4.79 Å². The Hall–Kier alpha value is -2.37. The van der Waals surface area contributed by atoms with Gasteiger partial charge in [0.2, 0.25) is 0 Å². The van der Waals surface area contributed by atoms with Gasteiger partial charge in [0.15, 0.2) is 18.2 Å². The molecule has 21 heavy (non-hydrogen) atoms. The minimum absolute atomic E-state index is 0.0584. The lowest BCUT2D eigenvalue weighted by molar-refractivity contribution is -0.118. The number of hydrogen-bond donors (Lipinski definition) is 1. The molecule has 0 aliphatic heterocycles. The van der Waals surface area contributed by atoms with Gasteiger partial charge in [-0.3, -0.25) is 4.79 Å². The normalized spacial score (nSPS) is 12.0. The molecule has 0 aliphatic rings. The lowest BCUT2D eigenvalue weighted by atomic mass is 10.3. The first-order valence-corrected chi connectivity index (χ1v) is 6.82. The highest BCUT2D eigenvalue weighted by Crippen LogP contribution is 2.17. The molecule has 5 nitrogen and oxygen atoms in total. The number of nitrogens with one attached hydrogen (secondary N) is 1. The molecule has 1 N–H and O–H groups in total. The summed E-state index contributed by atoms with van der Waals surface area (Å²) in [5.41, 5.74) is 0. The molecule has 2 rings (SSSR count). The van der Waals surface area contributed by atoms with E-state index in [2.05, 4.69) is 10.4 Å². The molecule has 0 saturated carbocycles. The Kier molecular flexibility index (Phi) is 4.92. The first kappa shape index (κ1) is 15.0. The molecule has 1 aromatic heterocycles. The number of carbonyl (C=O) groups excluding carboxylic acids is 1. The van der Waals surface area contributed by atoms with Crippen LogP contribution in [0.15, 0.2) is 36.5 Å². The first-order valence-electron chi connectivity index (χ1n) is 6.82. The van der Waals surface area contributed by atoms with Crippen LogP contribution in [0.25, 0.3) is 0 Å². The number of hydrogen-bond acceptors (Lipinski definition) is 3. The van der Waals surface area contributed by atoms with E-state index in [1.165, 1.54) is 12.1 Å². The van der Waals surface area contributed by atoms with Crippen LogP contribution in [0.3, 0.4) is 0 Å². The summed E-state index contributed by atoms with van der Waals surface area (Å²) in [5.74, 6) is -0.187. The fourth-order valence-corrected chi connectivity index (χ4v) is 1.82. The zero-order valence-corrected chi connectivity index (χ0v) is 12.0. The smallest absolute Gasteiger partial charge is 0.263 e. The molecule has 0 saturated heterocycles. The predicted molar refractivity (Wildman–Crippen MR) is 77.8 cm³/mol. The Balaban J connectivity index is 1.94. The van der Waals surface area contributed by atoms with Gasteiger partial charge in [0, 0.05) is 6.07 Å². The van der Waals surface area contributed by atoms with E-state index in [1.54, 1.807) is 29.1 Å². The summed E-state index contributed by atoms with van der Waals surface area (Å²) in [6, 6.07) is 7.87. The second-order valence-electron chi connectivity index (χ2n) is 4.69. The average molecular weight is 291 g/mol. The van der Waals surface area contributed by atoms with E-state index in [-0.39, 0.29) is 24.3 Å². The number of anilines is 1. The van der Waals surface area contributed by atoms with Gasteiger partial charge in [0.1, 0.15) is 5.82 Å². The standard InChI is InChI=1S/C15H18FN3O2/c1-3-11(2)19-14(8-9-17-19)18-15(20)10-21-13-7-5-4-6-12(13)16/h4-9,11H,3,10H2,1-2H3,(H,18,20). The molecule has 6 heteroatoms. The highest BCUT2D eigenvalue weighted by molar-refractivity contribution is 5.91. The van der Waals surface area contributed by atoms with Crippen molar-refractivity contribution < 1.29 is 13.9 Å². The number of rotatable bonds is 6. The molecule has 112 valence electrons. The molecule has 0 fully saturated rings. The molecule has 0 spiro atoms. The minimum Gasteiger partial charge on any atom is -0.481 e. The molecule has 0 aliphatic carbocycles. The number of para-hydroxylation sites is 1. The zero-order chi connectivity index (χ0) is 15.2. The number of ether oxygens (including phenoxy) is 1. The largest absolute Gasteiger partial charge is 0.481 e. The number of halogens is 1. The average Bonchev–Trinajstić information content (AvgIpc) is 2.93. The summed E-state index contributed by atoms with van der Waals surface area (Å²) >= 11 is 0. The Morgan fingerprint density at radius 3 is 2.90 bits per heavy atom. The summed E-state index contributed by atoms with van der Waals surface area (Å²) in [7, 11) is 0. The van der Waals surface area contributed by atoms with Crippen LogP contribution in [-0.4, -0.2) is 22.3 Å². The molecule has 1 atom stereocenters. The first-order chi connectivity index (χ1) is 10.1. The molecule has 1 aromatic carbocycles. The van der Waals surface area contributed by atoms with Crippen LogP contribution in [0.1, 0.15) is 26.3 Å². The van der Waals surface area contributed by atoms with E-state index in [0.717, 1.165) is 6.42 Å². The van der Waals surface area contributed by atoms with Crippen molar-refractivity contribution in [2.75, 3.05) is 11.9 Å². The SMILES string of the molecule is CCC(C)n1nccc1NC(=O)COc1ccccc1F. The van der Waals surface area contributed by atoms with E-state index in [4.69, 9.17) is 4.74 Å². The lowest BCUT2D eigenvalue weighted by Gasteiger charge is -2.14. The van der Waals surface area contributed by atoms with E-state index in [1.807, 2.05) is 13.8 Å². The molecule has 1 amide bonds. The molecule has 2 aromatic rings. The van der Waals surface area contributed by atoms with Crippen molar-refractivity contribution >= 4 is 11.7 Å². The van der Waals surface area contributed by atoms with Crippen molar-refractivity contribution in [3.8, 4) is 5.75 Å². The third kappa shape index (κ3) is 3.81. The van der Waals surface area contributed by atoms with Gasteiger partial charge in [0.05, 0.1) is 12.2 Å². The fraction of sp³-hybridized carbons (Fsp3) is 0.333. The van der Waals surface area contributed by atoms with Gasteiger partial charge in [-0.2, -0.15) is 5.10 Å². The molecule has 0 bridgehead atoms. The Bertz CT molecular complexity index is 612. The number of amides is 1. The fourth-order valence-electron chi connectivity index (χ4n) is 1.82.